The molecule has 0 saturated heterocycles. The zero-order valence-electron chi connectivity index (χ0n) is 10.4. The average Bonchev–Trinajstić information content (AvgIpc) is 3.08. The highest BCUT2D eigenvalue weighted by molar-refractivity contribution is 7.14. The molecule has 0 unspecified atom stereocenters. The topological polar surface area (TPSA) is 50.7 Å². The summed E-state index contributed by atoms with van der Waals surface area (Å²) in [4.78, 5) is 4.28. The quantitative estimate of drug-likeness (QED) is 0.895. The van der Waals surface area contributed by atoms with E-state index in [2.05, 4.69) is 26.6 Å². The SMILES string of the molecule is Cc1ncccc1-c1nnc(CCNC2CC2)s1. The Hall–Kier alpha value is -1.33. The molecule has 0 spiro atoms. The molecule has 2 aromatic heterocycles. The zero-order valence-corrected chi connectivity index (χ0v) is 11.2. The van der Waals surface area contributed by atoms with E-state index in [-0.39, 0.29) is 0 Å². The van der Waals surface area contributed by atoms with Crippen LogP contribution in [0.1, 0.15) is 23.5 Å². The lowest BCUT2D eigenvalue weighted by Gasteiger charge is -1.99. The number of hydrogen-bond donors (Lipinski definition) is 1. The highest BCUT2D eigenvalue weighted by atomic mass is 32.1. The Kier molecular flexibility index (Phi) is 3.34. The molecule has 2 aromatic rings. The van der Waals surface area contributed by atoms with E-state index >= 15 is 0 Å². The van der Waals surface area contributed by atoms with Crippen LogP contribution in [0.5, 0.6) is 0 Å². The van der Waals surface area contributed by atoms with Crippen molar-refractivity contribution in [2.75, 3.05) is 6.54 Å². The largest absolute Gasteiger partial charge is 0.314 e. The number of nitrogens with one attached hydrogen (secondary N) is 1. The van der Waals surface area contributed by atoms with Gasteiger partial charge in [-0.15, -0.1) is 10.2 Å². The molecular formula is C13H16N4S. The van der Waals surface area contributed by atoms with E-state index in [0.717, 1.165) is 40.3 Å². The van der Waals surface area contributed by atoms with Gasteiger partial charge in [0.15, 0.2) is 0 Å². The summed E-state index contributed by atoms with van der Waals surface area (Å²) in [6.45, 7) is 3.01. The van der Waals surface area contributed by atoms with Gasteiger partial charge in [0.05, 0.1) is 0 Å². The van der Waals surface area contributed by atoms with Gasteiger partial charge in [0.2, 0.25) is 0 Å². The second-order valence-corrected chi connectivity index (χ2v) is 5.68. The minimum Gasteiger partial charge on any atom is -0.314 e. The number of aromatic nitrogens is 3. The maximum absolute atomic E-state index is 4.28. The molecule has 0 aromatic carbocycles. The Labute approximate surface area is 110 Å². The molecule has 3 rings (SSSR count). The van der Waals surface area contributed by atoms with Crippen molar-refractivity contribution >= 4 is 11.3 Å². The normalized spacial score (nSPS) is 14.9. The van der Waals surface area contributed by atoms with Crippen LogP contribution in [0.2, 0.25) is 0 Å². The van der Waals surface area contributed by atoms with E-state index in [1.165, 1.54) is 12.8 Å². The maximum atomic E-state index is 4.28. The summed E-state index contributed by atoms with van der Waals surface area (Å²) >= 11 is 1.67. The molecule has 5 heteroatoms. The summed E-state index contributed by atoms with van der Waals surface area (Å²) in [6, 6.07) is 4.76. The van der Waals surface area contributed by atoms with Crippen LogP contribution >= 0.6 is 11.3 Å². The van der Waals surface area contributed by atoms with Crippen LogP contribution in [-0.2, 0) is 6.42 Å². The lowest BCUT2D eigenvalue weighted by atomic mass is 10.2. The van der Waals surface area contributed by atoms with Crippen LogP contribution in [0.4, 0.5) is 0 Å². The molecule has 0 bridgehead atoms. The molecule has 18 heavy (non-hydrogen) atoms. The maximum Gasteiger partial charge on any atom is 0.149 e. The number of pyridine rings is 1. The summed E-state index contributed by atoms with van der Waals surface area (Å²) < 4.78 is 0. The molecule has 0 amide bonds. The summed E-state index contributed by atoms with van der Waals surface area (Å²) in [5, 5.41) is 14.1. The molecule has 1 aliphatic rings. The van der Waals surface area contributed by atoms with Crippen LogP contribution < -0.4 is 5.32 Å². The lowest BCUT2D eigenvalue weighted by molar-refractivity contribution is 0.677. The molecule has 1 N–H and O–H groups in total. The molecule has 94 valence electrons. The second-order valence-electron chi connectivity index (χ2n) is 4.62. The summed E-state index contributed by atoms with van der Waals surface area (Å²) in [7, 11) is 0. The first kappa shape index (κ1) is 11.7. The third-order valence-corrected chi connectivity index (χ3v) is 4.07. The zero-order chi connectivity index (χ0) is 12.4. The first-order chi connectivity index (χ1) is 8.83. The highest BCUT2D eigenvalue weighted by Gasteiger charge is 2.20. The molecule has 0 atom stereocenters. The average molecular weight is 260 g/mol. The van der Waals surface area contributed by atoms with Crippen LogP contribution in [0, 0.1) is 6.92 Å². The van der Waals surface area contributed by atoms with E-state index in [4.69, 9.17) is 0 Å². The van der Waals surface area contributed by atoms with Crippen LogP contribution in [0.25, 0.3) is 10.6 Å². The Balaban J connectivity index is 1.66. The molecule has 0 aliphatic heterocycles. The van der Waals surface area contributed by atoms with Crippen molar-refractivity contribution in [2.45, 2.75) is 32.2 Å². The van der Waals surface area contributed by atoms with Crippen molar-refractivity contribution in [1.82, 2.24) is 20.5 Å². The van der Waals surface area contributed by atoms with E-state index in [9.17, 15) is 0 Å². The smallest absolute Gasteiger partial charge is 0.149 e. The first-order valence-corrected chi connectivity index (χ1v) is 7.12. The Morgan fingerprint density at radius 1 is 1.39 bits per heavy atom. The van der Waals surface area contributed by atoms with E-state index in [1.807, 2.05) is 13.0 Å². The van der Waals surface area contributed by atoms with Crippen molar-refractivity contribution in [2.24, 2.45) is 0 Å². The van der Waals surface area contributed by atoms with Gasteiger partial charge in [-0.1, -0.05) is 11.3 Å². The van der Waals surface area contributed by atoms with Gasteiger partial charge in [-0.05, 0) is 31.9 Å². The number of hydrogen-bond acceptors (Lipinski definition) is 5. The molecule has 2 heterocycles. The highest BCUT2D eigenvalue weighted by Crippen LogP contribution is 2.25. The predicted molar refractivity (Wildman–Crippen MR) is 72.6 cm³/mol. The van der Waals surface area contributed by atoms with Gasteiger partial charge in [-0.3, -0.25) is 4.98 Å². The predicted octanol–water partition coefficient (Wildman–Crippen LogP) is 2.20. The third kappa shape index (κ3) is 2.73. The summed E-state index contributed by atoms with van der Waals surface area (Å²) in [5.74, 6) is 0. The number of rotatable bonds is 5. The molecule has 4 nitrogen and oxygen atoms in total. The summed E-state index contributed by atoms with van der Waals surface area (Å²) in [5.41, 5.74) is 2.10. The van der Waals surface area contributed by atoms with E-state index in [1.54, 1.807) is 17.5 Å². The molecule has 1 saturated carbocycles. The van der Waals surface area contributed by atoms with Crippen molar-refractivity contribution in [1.29, 1.82) is 0 Å². The molecule has 1 fully saturated rings. The van der Waals surface area contributed by atoms with Crippen LogP contribution in [-0.4, -0.2) is 27.8 Å². The van der Waals surface area contributed by atoms with Gasteiger partial charge in [0, 0.05) is 36.5 Å². The third-order valence-electron chi connectivity index (χ3n) is 3.05. The fourth-order valence-corrected chi connectivity index (χ4v) is 2.76. The second kappa shape index (κ2) is 5.12. The van der Waals surface area contributed by atoms with Crippen molar-refractivity contribution in [3.63, 3.8) is 0 Å². The minimum atomic E-state index is 0.762. The van der Waals surface area contributed by atoms with Crippen molar-refractivity contribution < 1.29 is 0 Å². The lowest BCUT2D eigenvalue weighted by Crippen LogP contribution is -2.19. The van der Waals surface area contributed by atoms with Crippen LogP contribution in [0.15, 0.2) is 18.3 Å². The fourth-order valence-electron chi connectivity index (χ4n) is 1.84. The van der Waals surface area contributed by atoms with Crippen molar-refractivity contribution in [3.05, 3.63) is 29.0 Å². The summed E-state index contributed by atoms with van der Waals surface area (Å²) in [6.07, 6.45) is 5.43. The minimum absolute atomic E-state index is 0.762. The van der Waals surface area contributed by atoms with E-state index in [0.29, 0.717) is 0 Å². The first-order valence-electron chi connectivity index (χ1n) is 6.30. The van der Waals surface area contributed by atoms with Crippen LogP contribution in [0.3, 0.4) is 0 Å². The van der Waals surface area contributed by atoms with Gasteiger partial charge < -0.3 is 5.32 Å². The van der Waals surface area contributed by atoms with Gasteiger partial charge in [-0.2, -0.15) is 0 Å². The monoisotopic (exact) mass is 260 g/mol. The molecule has 0 radical (unpaired) electrons. The standard InChI is InChI=1S/C13H16N4S/c1-9-11(3-2-7-14-9)13-17-16-12(18-13)6-8-15-10-4-5-10/h2-3,7,10,15H,4-6,8H2,1H3. The Morgan fingerprint density at radius 2 is 2.28 bits per heavy atom. The Morgan fingerprint density at radius 3 is 3.06 bits per heavy atom. The molecular weight excluding hydrogens is 244 g/mol. The number of nitrogens with zero attached hydrogens (tertiary/aromatic N) is 3. The van der Waals surface area contributed by atoms with Gasteiger partial charge in [-0.25, -0.2) is 0 Å². The molecule has 1 aliphatic carbocycles. The van der Waals surface area contributed by atoms with Gasteiger partial charge in [0.25, 0.3) is 0 Å². The van der Waals surface area contributed by atoms with Crippen molar-refractivity contribution in [3.8, 4) is 10.6 Å². The van der Waals surface area contributed by atoms with Gasteiger partial charge >= 0.3 is 0 Å². The van der Waals surface area contributed by atoms with Gasteiger partial charge in [0.1, 0.15) is 10.0 Å². The van der Waals surface area contributed by atoms with E-state index < -0.39 is 0 Å². The Bertz CT molecular complexity index is 533. The number of aryl methyl sites for hydroxylation is 1. The fraction of sp³-hybridized carbons (Fsp3) is 0.462.